The van der Waals surface area contributed by atoms with Crippen molar-refractivity contribution in [3.05, 3.63) is 50.6 Å². The van der Waals surface area contributed by atoms with Crippen molar-refractivity contribution in [2.24, 2.45) is 10.9 Å². The summed E-state index contributed by atoms with van der Waals surface area (Å²) in [5, 5.41) is 13.5. The first-order valence-electron chi connectivity index (χ1n) is 5.63. The molecule has 1 heterocycles. The van der Waals surface area contributed by atoms with E-state index in [0.717, 1.165) is 4.47 Å². The van der Waals surface area contributed by atoms with Crippen LogP contribution in [-0.4, -0.2) is 24.0 Å². The van der Waals surface area contributed by atoms with Crippen LogP contribution in [0.5, 0.6) is 0 Å². The normalized spacial score (nSPS) is 11.4. The molecule has 0 saturated heterocycles. The Labute approximate surface area is 128 Å². The molecular weight excluding hydrogens is 342 g/mol. The first kappa shape index (κ1) is 14.5. The molecule has 0 aliphatic heterocycles. The van der Waals surface area contributed by atoms with Crippen LogP contribution in [0, 0.1) is 0 Å². The van der Waals surface area contributed by atoms with Crippen molar-refractivity contribution >= 4 is 44.7 Å². The van der Waals surface area contributed by atoms with E-state index in [2.05, 4.69) is 21.1 Å². The van der Waals surface area contributed by atoms with E-state index >= 15 is 0 Å². The fourth-order valence-corrected chi connectivity index (χ4v) is 3.16. The van der Waals surface area contributed by atoms with Crippen LogP contribution in [0.3, 0.4) is 0 Å². The van der Waals surface area contributed by atoms with Crippen molar-refractivity contribution in [3.63, 3.8) is 0 Å². The average Bonchev–Trinajstić information content (AvgIpc) is 2.91. The van der Waals surface area contributed by atoms with Gasteiger partial charge in [0.2, 0.25) is 0 Å². The number of hydrogen-bond donors (Lipinski definition) is 2. The summed E-state index contributed by atoms with van der Waals surface area (Å²) in [6.45, 7) is 0. The summed E-state index contributed by atoms with van der Waals surface area (Å²) in [6, 6.07) is 8.76. The van der Waals surface area contributed by atoms with Crippen LogP contribution in [0.25, 0.3) is 0 Å². The molecule has 0 aliphatic rings. The minimum absolute atomic E-state index is 0.00463. The Balaban J connectivity index is 2.32. The largest absolute Gasteiger partial charge is 0.409 e. The number of rotatable bonds is 3. The summed E-state index contributed by atoms with van der Waals surface area (Å²) in [7, 11) is 1.68. The first-order chi connectivity index (χ1) is 9.54. The third-order valence-electron chi connectivity index (χ3n) is 2.75. The van der Waals surface area contributed by atoms with Gasteiger partial charge in [-0.2, -0.15) is 0 Å². The molecule has 0 aliphatic carbocycles. The van der Waals surface area contributed by atoms with Crippen LogP contribution in [0.4, 0.5) is 5.69 Å². The number of carbonyl (C=O) groups excluding carboxylic acids is 1. The standard InChI is InChI=1S/C13H12BrN3O2S/c1-17(13(18)11-10(14)5-6-20-11)9-4-2-3-8(7-9)12(15)16-19/h2-7,19H,1H3,(H2,15,16). The Morgan fingerprint density at radius 1 is 1.45 bits per heavy atom. The van der Waals surface area contributed by atoms with Gasteiger partial charge in [0.25, 0.3) is 5.91 Å². The van der Waals surface area contributed by atoms with Gasteiger partial charge in [-0.1, -0.05) is 17.3 Å². The number of anilines is 1. The van der Waals surface area contributed by atoms with Crippen molar-refractivity contribution in [1.29, 1.82) is 0 Å². The second-order valence-corrected chi connectivity index (χ2v) is 5.77. The smallest absolute Gasteiger partial charge is 0.269 e. The number of thiophene rings is 1. The quantitative estimate of drug-likeness (QED) is 0.385. The first-order valence-corrected chi connectivity index (χ1v) is 7.31. The van der Waals surface area contributed by atoms with E-state index in [1.807, 2.05) is 11.4 Å². The summed E-state index contributed by atoms with van der Waals surface area (Å²) < 4.78 is 0.770. The lowest BCUT2D eigenvalue weighted by Gasteiger charge is -2.17. The van der Waals surface area contributed by atoms with Gasteiger partial charge in [0.05, 0.1) is 0 Å². The van der Waals surface area contributed by atoms with Crippen LogP contribution in [-0.2, 0) is 0 Å². The Bertz CT molecular complexity index is 669. The molecule has 104 valence electrons. The number of halogens is 1. The lowest BCUT2D eigenvalue weighted by Crippen LogP contribution is -2.26. The van der Waals surface area contributed by atoms with Gasteiger partial charge in [-0.25, -0.2) is 0 Å². The fraction of sp³-hybridized carbons (Fsp3) is 0.0769. The van der Waals surface area contributed by atoms with E-state index in [9.17, 15) is 4.79 Å². The molecule has 0 radical (unpaired) electrons. The van der Waals surface area contributed by atoms with Crippen molar-refractivity contribution < 1.29 is 10.0 Å². The van der Waals surface area contributed by atoms with Gasteiger partial charge in [0.1, 0.15) is 4.88 Å². The number of nitrogens with zero attached hydrogens (tertiary/aromatic N) is 2. The minimum atomic E-state index is -0.122. The second kappa shape index (κ2) is 6.06. The number of nitrogens with two attached hydrogens (primary N) is 1. The number of hydrogen-bond acceptors (Lipinski definition) is 4. The van der Waals surface area contributed by atoms with E-state index in [-0.39, 0.29) is 11.7 Å². The Hall–Kier alpha value is -1.86. The maximum absolute atomic E-state index is 12.4. The van der Waals surface area contributed by atoms with Gasteiger partial charge in [-0.05, 0) is 39.5 Å². The minimum Gasteiger partial charge on any atom is -0.409 e. The van der Waals surface area contributed by atoms with Gasteiger partial charge in [0.15, 0.2) is 5.84 Å². The van der Waals surface area contributed by atoms with Crippen LogP contribution in [0.15, 0.2) is 45.3 Å². The van der Waals surface area contributed by atoms with E-state index in [1.54, 1.807) is 31.3 Å². The summed E-state index contributed by atoms with van der Waals surface area (Å²) in [5.41, 5.74) is 6.77. The Morgan fingerprint density at radius 2 is 2.20 bits per heavy atom. The average molecular weight is 354 g/mol. The molecule has 0 spiro atoms. The Kier molecular flexibility index (Phi) is 4.41. The molecule has 7 heteroatoms. The molecule has 5 nitrogen and oxygen atoms in total. The molecule has 2 rings (SSSR count). The van der Waals surface area contributed by atoms with E-state index in [0.29, 0.717) is 16.1 Å². The third-order valence-corrected chi connectivity index (χ3v) is 4.58. The molecule has 0 unspecified atom stereocenters. The molecule has 0 saturated carbocycles. The summed E-state index contributed by atoms with van der Waals surface area (Å²) in [6.07, 6.45) is 0. The summed E-state index contributed by atoms with van der Waals surface area (Å²) in [5.74, 6) is -0.117. The van der Waals surface area contributed by atoms with Gasteiger partial charge in [0, 0.05) is 22.8 Å². The lowest BCUT2D eigenvalue weighted by molar-refractivity contribution is 0.0996. The van der Waals surface area contributed by atoms with Crippen LogP contribution in [0.2, 0.25) is 0 Å². The topological polar surface area (TPSA) is 78.9 Å². The van der Waals surface area contributed by atoms with Crippen molar-refractivity contribution in [3.8, 4) is 0 Å². The van der Waals surface area contributed by atoms with E-state index in [4.69, 9.17) is 10.9 Å². The molecule has 1 aromatic heterocycles. The highest BCUT2D eigenvalue weighted by Crippen LogP contribution is 2.26. The predicted molar refractivity (Wildman–Crippen MR) is 83.7 cm³/mol. The van der Waals surface area contributed by atoms with Gasteiger partial charge in [-0.15, -0.1) is 11.3 Å². The maximum Gasteiger partial charge on any atom is 0.269 e. The zero-order valence-corrected chi connectivity index (χ0v) is 13.0. The van der Waals surface area contributed by atoms with Crippen molar-refractivity contribution in [1.82, 2.24) is 0 Å². The molecule has 0 bridgehead atoms. The molecule has 3 N–H and O–H groups in total. The number of oxime groups is 1. The van der Waals surface area contributed by atoms with Crippen molar-refractivity contribution in [2.75, 3.05) is 11.9 Å². The summed E-state index contributed by atoms with van der Waals surface area (Å²) >= 11 is 4.72. The monoisotopic (exact) mass is 353 g/mol. The number of amides is 1. The van der Waals surface area contributed by atoms with Gasteiger partial charge < -0.3 is 15.8 Å². The fourth-order valence-electron chi connectivity index (χ4n) is 1.65. The zero-order chi connectivity index (χ0) is 14.7. The highest BCUT2D eigenvalue weighted by molar-refractivity contribution is 9.10. The SMILES string of the molecule is CN(C(=O)c1sccc1Br)c1cccc(C(N)=NO)c1. The van der Waals surface area contributed by atoms with E-state index < -0.39 is 0 Å². The molecule has 0 fully saturated rings. The van der Waals surface area contributed by atoms with E-state index in [1.165, 1.54) is 16.2 Å². The molecule has 20 heavy (non-hydrogen) atoms. The predicted octanol–water partition coefficient (Wildman–Crippen LogP) is 2.88. The second-order valence-electron chi connectivity index (χ2n) is 4.00. The Morgan fingerprint density at radius 3 is 2.80 bits per heavy atom. The van der Waals surface area contributed by atoms with Gasteiger partial charge >= 0.3 is 0 Å². The van der Waals surface area contributed by atoms with Crippen molar-refractivity contribution in [2.45, 2.75) is 0 Å². The molecule has 1 aromatic carbocycles. The van der Waals surface area contributed by atoms with Crippen LogP contribution >= 0.6 is 27.3 Å². The maximum atomic E-state index is 12.4. The van der Waals surface area contributed by atoms with Crippen LogP contribution < -0.4 is 10.6 Å². The number of amidine groups is 1. The molecule has 1 amide bonds. The van der Waals surface area contributed by atoms with Crippen LogP contribution in [0.1, 0.15) is 15.2 Å². The number of carbonyl (C=O) groups is 1. The lowest BCUT2D eigenvalue weighted by atomic mass is 10.1. The molecule has 0 atom stereocenters. The zero-order valence-electron chi connectivity index (χ0n) is 10.6. The highest BCUT2D eigenvalue weighted by atomic mass is 79.9. The molecule has 2 aromatic rings. The molecular formula is C13H12BrN3O2S. The highest BCUT2D eigenvalue weighted by Gasteiger charge is 2.18. The summed E-state index contributed by atoms with van der Waals surface area (Å²) in [4.78, 5) is 14.5. The third kappa shape index (κ3) is 2.83. The van der Waals surface area contributed by atoms with Gasteiger partial charge in [-0.3, -0.25) is 4.79 Å². The number of benzene rings is 1.